The van der Waals surface area contributed by atoms with Crippen molar-refractivity contribution in [2.45, 2.75) is 63.5 Å². The number of nitriles is 1. The molecule has 1 saturated heterocycles. The first-order chi connectivity index (χ1) is 23.1. The van der Waals surface area contributed by atoms with Gasteiger partial charge in [0, 0.05) is 52.0 Å². The molecule has 5 atom stereocenters. The molecule has 12 nitrogen and oxygen atoms in total. The SMILES string of the molecule is COc1c(C)c(OC)c2c(c1O)[C@@H]1[C@@H]3Cc4c(OC)c(C)c(OC)c(O)c4[C@H](CNC(=O)OCc4ccccc4)N3[C@@H](C#N)[C@H](C2)N1C. The van der Waals surface area contributed by atoms with Crippen LogP contribution in [0.3, 0.4) is 0 Å². The van der Waals surface area contributed by atoms with Crippen LogP contribution in [0.4, 0.5) is 4.79 Å². The van der Waals surface area contributed by atoms with Crippen molar-refractivity contribution >= 4 is 6.09 Å². The van der Waals surface area contributed by atoms with Crippen LogP contribution in [0.25, 0.3) is 0 Å². The van der Waals surface area contributed by atoms with Crippen molar-refractivity contribution in [1.82, 2.24) is 15.1 Å². The van der Waals surface area contributed by atoms with E-state index in [1.807, 2.05) is 51.2 Å². The molecular formula is C36H42N4O8. The number of nitrogens with zero attached hydrogens (tertiary/aromatic N) is 3. The quantitative estimate of drug-likeness (QED) is 0.316. The van der Waals surface area contributed by atoms with E-state index in [0.29, 0.717) is 52.3 Å². The van der Waals surface area contributed by atoms with Gasteiger partial charge in [-0.2, -0.15) is 5.26 Å². The third-order valence-electron chi connectivity index (χ3n) is 10.3. The zero-order valence-electron chi connectivity index (χ0n) is 28.3. The number of ether oxygens (including phenoxy) is 5. The first-order valence-electron chi connectivity index (χ1n) is 15.9. The molecule has 254 valence electrons. The zero-order valence-corrected chi connectivity index (χ0v) is 28.3. The third kappa shape index (κ3) is 5.00. The minimum atomic E-state index is -0.687. The van der Waals surface area contributed by atoms with Gasteiger partial charge in [0.15, 0.2) is 23.0 Å². The maximum absolute atomic E-state index is 13.1. The number of carbonyl (C=O) groups excluding carboxylic acids is 1. The molecule has 3 N–H and O–H groups in total. The van der Waals surface area contributed by atoms with E-state index in [4.69, 9.17) is 23.7 Å². The van der Waals surface area contributed by atoms with Gasteiger partial charge in [-0.05, 0) is 39.3 Å². The number of hydrogen-bond acceptors (Lipinski definition) is 11. The molecule has 3 aromatic rings. The van der Waals surface area contributed by atoms with Crippen LogP contribution in [0, 0.1) is 25.2 Å². The lowest BCUT2D eigenvalue weighted by Gasteiger charge is -2.60. The Hall–Kier alpha value is -4.86. The summed E-state index contributed by atoms with van der Waals surface area (Å²) >= 11 is 0. The lowest BCUT2D eigenvalue weighted by atomic mass is 9.71. The predicted octanol–water partition coefficient (Wildman–Crippen LogP) is 4.45. The highest BCUT2D eigenvalue weighted by Crippen LogP contribution is 2.58. The first kappa shape index (κ1) is 33.1. The van der Waals surface area contributed by atoms with Gasteiger partial charge < -0.3 is 39.2 Å². The van der Waals surface area contributed by atoms with E-state index in [-0.39, 0.29) is 36.4 Å². The second-order valence-electron chi connectivity index (χ2n) is 12.5. The van der Waals surface area contributed by atoms with Gasteiger partial charge >= 0.3 is 6.09 Å². The maximum Gasteiger partial charge on any atom is 0.407 e. The van der Waals surface area contributed by atoms with Gasteiger partial charge in [0.2, 0.25) is 0 Å². The maximum atomic E-state index is 13.1. The molecule has 2 bridgehead atoms. The molecule has 48 heavy (non-hydrogen) atoms. The van der Waals surface area contributed by atoms with E-state index >= 15 is 0 Å². The molecule has 3 heterocycles. The average molecular weight is 659 g/mol. The third-order valence-corrected chi connectivity index (χ3v) is 10.3. The van der Waals surface area contributed by atoms with E-state index < -0.39 is 30.3 Å². The smallest absolute Gasteiger partial charge is 0.407 e. The predicted molar refractivity (Wildman–Crippen MR) is 176 cm³/mol. The summed E-state index contributed by atoms with van der Waals surface area (Å²) in [5, 5.41) is 37.3. The molecule has 0 spiro atoms. The Kier molecular flexibility index (Phi) is 8.94. The fourth-order valence-electron chi connectivity index (χ4n) is 8.37. The Balaban J connectivity index is 1.51. The fourth-order valence-corrected chi connectivity index (χ4v) is 8.37. The Morgan fingerprint density at radius 3 is 1.98 bits per heavy atom. The minimum absolute atomic E-state index is 0.0146. The Morgan fingerprint density at radius 1 is 0.875 bits per heavy atom. The highest BCUT2D eigenvalue weighted by molar-refractivity contribution is 5.69. The van der Waals surface area contributed by atoms with E-state index in [9.17, 15) is 20.3 Å². The van der Waals surface area contributed by atoms with E-state index in [0.717, 1.165) is 16.7 Å². The van der Waals surface area contributed by atoms with E-state index in [1.165, 1.54) is 14.2 Å². The molecule has 0 aromatic heterocycles. The van der Waals surface area contributed by atoms with Gasteiger partial charge in [0.1, 0.15) is 24.1 Å². The fraction of sp³-hybridized carbons (Fsp3) is 0.444. The molecule has 3 aromatic carbocycles. The number of carbonyl (C=O) groups is 1. The van der Waals surface area contributed by atoms with Gasteiger partial charge in [-0.3, -0.25) is 9.80 Å². The molecule has 1 fully saturated rings. The van der Waals surface area contributed by atoms with Crippen LogP contribution in [-0.2, 0) is 24.2 Å². The normalized spacial score (nSPS) is 22.8. The number of piperazine rings is 1. The molecule has 6 rings (SSSR count). The first-order valence-corrected chi connectivity index (χ1v) is 15.9. The Labute approximate surface area is 280 Å². The lowest BCUT2D eigenvalue weighted by molar-refractivity contribution is -0.0726. The van der Waals surface area contributed by atoms with Gasteiger partial charge in [-0.15, -0.1) is 0 Å². The number of rotatable bonds is 8. The molecule has 1 amide bonds. The molecule has 3 aliphatic heterocycles. The van der Waals surface area contributed by atoms with Gasteiger partial charge in [-0.25, -0.2) is 4.79 Å². The highest BCUT2D eigenvalue weighted by Gasteiger charge is 2.57. The number of benzene rings is 3. The average Bonchev–Trinajstić information content (AvgIpc) is 3.08. The molecule has 0 radical (unpaired) electrons. The number of hydrogen-bond donors (Lipinski definition) is 3. The largest absolute Gasteiger partial charge is 0.504 e. The topological polar surface area (TPSA) is 146 Å². The van der Waals surface area contributed by atoms with Crippen LogP contribution in [0.2, 0.25) is 0 Å². The number of fused-ring (bicyclic) bond motifs is 7. The summed E-state index contributed by atoms with van der Waals surface area (Å²) in [7, 11) is 8.13. The summed E-state index contributed by atoms with van der Waals surface area (Å²) in [4.78, 5) is 17.3. The van der Waals surface area contributed by atoms with Crippen LogP contribution in [0.1, 0.15) is 51.0 Å². The van der Waals surface area contributed by atoms with Gasteiger partial charge in [0.05, 0.1) is 46.6 Å². The second kappa shape index (κ2) is 13.0. The van der Waals surface area contributed by atoms with Crippen LogP contribution in [0.15, 0.2) is 30.3 Å². The van der Waals surface area contributed by atoms with Crippen LogP contribution < -0.4 is 24.3 Å². The number of phenolic OH excluding ortho intramolecular Hbond substituents is 2. The molecule has 0 aliphatic carbocycles. The van der Waals surface area contributed by atoms with Gasteiger partial charge in [0.25, 0.3) is 0 Å². The number of amides is 1. The zero-order chi connectivity index (χ0) is 34.4. The summed E-state index contributed by atoms with van der Waals surface area (Å²) in [5.41, 5.74) is 4.92. The Bertz CT molecular complexity index is 1770. The summed E-state index contributed by atoms with van der Waals surface area (Å²) in [6.07, 6.45) is 0.150. The summed E-state index contributed by atoms with van der Waals surface area (Å²) in [6, 6.07) is 9.44. The van der Waals surface area contributed by atoms with Crippen molar-refractivity contribution in [3.8, 4) is 40.6 Å². The highest BCUT2D eigenvalue weighted by atomic mass is 16.5. The summed E-state index contributed by atoms with van der Waals surface area (Å²) in [5.74, 6) is 1.72. The van der Waals surface area contributed by atoms with E-state index in [1.54, 1.807) is 14.2 Å². The number of likely N-dealkylation sites (N-methyl/N-ethyl adjacent to an activating group) is 1. The monoisotopic (exact) mass is 658 g/mol. The van der Waals surface area contributed by atoms with Crippen LogP contribution >= 0.6 is 0 Å². The van der Waals surface area contributed by atoms with Crippen molar-refractivity contribution in [2.24, 2.45) is 0 Å². The van der Waals surface area contributed by atoms with Crippen molar-refractivity contribution < 1.29 is 38.7 Å². The van der Waals surface area contributed by atoms with Crippen molar-refractivity contribution in [1.29, 1.82) is 5.26 Å². The van der Waals surface area contributed by atoms with Crippen molar-refractivity contribution in [2.75, 3.05) is 42.0 Å². The second-order valence-corrected chi connectivity index (χ2v) is 12.5. The van der Waals surface area contributed by atoms with Crippen molar-refractivity contribution in [3.63, 3.8) is 0 Å². The number of methoxy groups -OCH3 is 4. The van der Waals surface area contributed by atoms with Crippen molar-refractivity contribution in [3.05, 3.63) is 69.3 Å². The summed E-state index contributed by atoms with van der Waals surface area (Å²) in [6.45, 7) is 3.76. The molecule has 12 heteroatoms. The number of alkyl carbamates (subject to hydrolysis) is 1. The van der Waals surface area contributed by atoms with Crippen LogP contribution in [-0.4, -0.2) is 86.3 Å². The number of phenols is 2. The van der Waals surface area contributed by atoms with Crippen LogP contribution in [0.5, 0.6) is 34.5 Å². The molecule has 0 saturated carbocycles. The van der Waals surface area contributed by atoms with E-state index in [2.05, 4.69) is 21.2 Å². The standard InChI is InChI=1S/C36H42N4O8/c1-18-32(44-4)21-14-24-29-28-22(33(45-5)19(2)35(47-7)31(28)42)13-23(39(29)3)25(15-37)40(24)26(27(21)30(41)34(18)46-6)16-38-36(43)48-17-20-11-9-8-10-12-20/h8-12,23-26,29,41-42H,13-14,16-17H2,1-7H3,(H,38,43)/t23-,24-,25-,26-,29-/m0/s1. The van der Waals surface area contributed by atoms with Gasteiger partial charge in [-0.1, -0.05) is 30.3 Å². The summed E-state index contributed by atoms with van der Waals surface area (Å²) < 4.78 is 28.7. The number of nitrogens with one attached hydrogen (secondary N) is 1. The molecule has 3 aliphatic rings. The Morgan fingerprint density at radius 2 is 1.42 bits per heavy atom. The molecular weight excluding hydrogens is 616 g/mol. The lowest BCUT2D eigenvalue weighted by Crippen LogP contribution is -2.68. The minimum Gasteiger partial charge on any atom is -0.504 e. The number of aromatic hydroxyl groups is 2. The molecule has 0 unspecified atom stereocenters.